The van der Waals surface area contributed by atoms with Gasteiger partial charge < -0.3 is 5.32 Å². The molecule has 0 aliphatic carbocycles. The molecule has 0 saturated heterocycles. The van der Waals surface area contributed by atoms with Gasteiger partial charge in [0.15, 0.2) is 5.65 Å². The van der Waals surface area contributed by atoms with Crippen molar-refractivity contribution in [1.82, 2.24) is 14.2 Å². The smallest absolute Gasteiger partial charge is 0.324 e. The minimum absolute atomic E-state index is 0.117. The highest BCUT2D eigenvalue weighted by atomic mass is 16.2. The Morgan fingerprint density at radius 1 is 1.24 bits per heavy atom. The molecular weight excluding hydrogens is 268 g/mol. The summed E-state index contributed by atoms with van der Waals surface area (Å²) in [5.41, 5.74) is 1.95. The zero-order chi connectivity index (χ0) is 14.8. The van der Waals surface area contributed by atoms with Crippen LogP contribution in [-0.4, -0.2) is 20.1 Å². The summed E-state index contributed by atoms with van der Waals surface area (Å²) in [5, 5.41) is 6.87. The number of carbonyl (C=O) groups is 1. The normalized spacial score (nSPS) is 10.7. The second-order valence-corrected chi connectivity index (χ2v) is 4.79. The van der Waals surface area contributed by atoms with Crippen molar-refractivity contribution >= 4 is 17.2 Å². The van der Waals surface area contributed by atoms with Crippen molar-refractivity contribution in [1.29, 1.82) is 0 Å². The third-order valence-electron chi connectivity index (χ3n) is 3.08. The number of anilines is 1. The van der Waals surface area contributed by atoms with Gasteiger partial charge in [0.05, 0.1) is 0 Å². The molecule has 0 spiro atoms. The fourth-order valence-electron chi connectivity index (χ4n) is 2.13. The Bertz CT molecular complexity index is 863. The lowest BCUT2D eigenvalue weighted by Gasteiger charge is -2.05. The van der Waals surface area contributed by atoms with Crippen LogP contribution in [0.4, 0.5) is 5.69 Å². The van der Waals surface area contributed by atoms with Crippen molar-refractivity contribution in [3.8, 4) is 0 Å². The standard InChI is InChI=1S/C15H14N4O2/c1-11-5-4-6-12(9-11)16-14(20)10-19-15(21)18-8-3-2-7-13(18)17-19/h2-9H,10H2,1H3,(H,16,20). The van der Waals surface area contributed by atoms with Crippen molar-refractivity contribution in [2.24, 2.45) is 0 Å². The molecule has 3 aromatic rings. The molecule has 0 aliphatic rings. The molecule has 6 heteroatoms. The Labute approximate surface area is 120 Å². The Morgan fingerprint density at radius 3 is 2.86 bits per heavy atom. The number of benzene rings is 1. The molecule has 0 atom stereocenters. The second kappa shape index (κ2) is 5.24. The first kappa shape index (κ1) is 13.1. The van der Waals surface area contributed by atoms with Gasteiger partial charge in [0.2, 0.25) is 5.91 Å². The van der Waals surface area contributed by atoms with Crippen LogP contribution in [-0.2, 0) is 11.3 Å². The maximum Gasteiger partial charge on any atom is 0.350 e. The SMILES string of the molecule is Cc1cccc(NC(=O)Cn2nc3ccccn3c2=O)c1. The summed E-state index contributed by atoms with van der Waals surface area (Å²) < 4.78 is 2.56. The lowest BCUT2D eigenvalue weighted by Crippen LogP contribution is -2.28. The van der Waals surface area contributed by atoms with Crippen molar-refractivity contribution in [2.75, 3.05) is 5.32 Å². The van der Waals surface area contributed by atoms with E-state index in [4.69, 9.17) is 0 Å². The van der Waals surface area contributed by atoms with Gasteiger partial charge in [-0.25, -0.2) is 9.48 Å². The van der Waals surface area contributed by atoms with Crippen LogP contribution in [0.15, 0.2) is 53.5 Å². The predicted molar refractivity (Wildman–Crippen MR) is 79.3 cm³/mol. The first-order valence-corrected chi connectivity index (χ1v) is 6.54. The van der Waals surface area contributed by atoms with E-state index in [1.54, 1.807) is 30.5 Å². The zero-order valence-electron chi connectivity index (χ0n) is 11.5. The lowest BCUT2D eigenvalue weighted by atomic mass is 10.2. The molecule has 1 amide bonds. The first-order chi connectivity index (χ1) is 10.1. The number of nitrogens with zero attached hydrogens (tertiary/aromatic N) is 3. The molecule has 2 heterocycles. The van der Waals surface area contributed by atoms with E-state index in [9.17, 15) is 9.59 Å². The maximum atomic E-state index is 12.1. The van der Waals surface area contributed by atoms with Gasteiger partial charge in [-0.05, 0) is 36.8 Å². The van der Waals surface area contributed by atoms with Crippen LogP contribution >= 0.6 is 0 Å². The number of carbonyl (C=O) groups excluding carboxylic acids is 1. The summed E-state index contributed by atoms with van der Waals surface area (Å²) in [6.07, 6.45) is 1.62. The number of aromatic nitrogens is 3. The molecule has 6 nitrogen and oxygen atoms in total. The number of aryl methyl sites for hydroxylation is 1. The number of fused-ring (bicyclic) bond motifs is 1. The predicted octanol–water partition coefficient (Wildman–Crippen LogP) is 1.44. The summed E-state index contributed by atoms with van der Waals surface area (Å²) in [7, 11) is 0. The van der Waals surface area contributed by atoms with Crippen LogP contribution in [0.5, 0.6) is 0 Å². The Balaban J connectivity index is 1.80. The number of rotatable bonds is 3. The minimum atomic E-state index is -0.329. The first-order valence-electron chi connectivity index (χ1n) is 6.54. The molecule has 106 valence electrons. The number of pyridine rings is 1. The Kier molecular flexibility index (Phi) is 3.27. The molecule has 1 aromatic carbocycles. The summed E-state index contributed by atoms with van der Waals surface area (Å²) in [6.45, 7) is 1.83. The summed E-state index contributed by atoms with van der Waals surface area (Å²) in [6, 6.07) is 12.7. The molecule has 0 saturated carbocycles. The summed E-state index contributed by atoms with van der Waals surface area (Å²) >= 11 is 0. The van der Waals surface area contributed by atoms with Crippen molar-refractivity contribution < 1.29 is 4.79 Å². The largest absolute Gasteiger partial charge is 0.350 e. The van der Waals surface area contributed by atoms with Gasteiger partial charge in [0.25, 0.3) is 0 Å². The van der Waals surface area contributed by atoms with Crippen LogP contribution in [0, 0.1) is 6.92 Å². The Morgan fingerprint density at radius 2 is 2.10 bits per heavy atom. The molecule has 0 unspecified atom stereocenters. The van der Waals surface area contributed by atoms with E-state index in [0.29, 0.717) is 11.3 Å². The second-order valence-electron chi connectivity index (χ2n) is 4.79. The maximum absolute atomic E-state index is 12.1. The van der Waals surface area contributed by atoms with E-state index in [0.717, 1.165) is 10.2 Å². The van der Waals surface area contributed by atoms with Crippen molar-refractivity contribution in [2.45, 2.75) is 13.5 Å². The van der Waals surface area contributed by atoms with E-state index >= 15 is 0 Å². The van der Waals surface area contributed by atoms with Gasteiger partial charge >= 0.3 is 5.69 Å². The molecule has 0 bridgehead atoms. The molecule has 3 rings (SSSR count). The van der Waals surface area contributed by atoms with Crippen molar-refractivity contribution in [3.63, 3.8) is 0 Å². The molecule has 2 aromatic heterocycles. The van der Waals surface area contributed by atoms with E-state index in [1.807, 2.05) is 25.1 Å². The number of hydrogen-bond acceptors (Lipinski definition) is 3. The van der Waals surface area contributed by atoms with E-state index < -0.39 is 0 Å². The number of amides is 1. The van der Waals surface area contributed by atoms with Gasteiger partial charge in [-0.1, -0.05) is 18.2 Å². The molecule has 0 radical (unpaired) electrons. The van der Waals surface area contributed by atoms with Crippen LogP contribution in [0.1, 0.15) is 5.56 Å². The lowest BCUT2D eigenvalue weighted by molar-refractivity contribution is -0.117. The fourth-order valence-corrected chi connectivity index (χ4v) is 2.13. The van der Waals surface area contributed by atoms with Gasteiger partial charge in [0, 0.05) is 11.9 Å². The molecule has 21 heavy (non-hydrogen) atoms. The zero-order valence-corrected chi connectivity index (χ0v) is 11.5. The monoisotopic (exact) mass is 282 g/mol. The Hall–Kier alpha value is -2.89. The van der Waals surface area contributed by atoms with Crippen LogP contribution in [0.2, 0.25) is 0 Å². The van der Waals surface area contributed by atoms with E-state index in [2.05, 4.69) is 10.4 Å². The molecule has 0 fully saturated rings. The number of nitrogens with one attached hydrogen (secondary N) is 1. The highest BCUT2D eigenvalue weighted by Crippen LogP contribution is 2.09. The van der Waals surface area contributed by atoms with Crippen LogP contribution in [0.25, 0.3) is 5.65 Å². The van der Waals surface area contributed by atoms with Gasteiger partial charge in [-0.3, -0.25) is 9.20 Å². The molecular formula is C15H14N4O2. The third kappa shape index (κ3) is 2.69. The summed E-state index contributed by atoms with van der Waals surface area (Å²) in [4.78, 5) is 24.1. The minimum Gasteiger partial charge on any atom is -0.324 e. The molecule has 0 aliphatic heterocycles. The number of hydrogen-bond donors (Lipinski definition) is 1. The molecule has 1 N–H and O–H groups in total. The van der Waals surface area contributed by atoms with Crippen LogP contribution in [0.3, 0.4) is 0 Å². The van der Waals surface area contributed by atoms with E-state index in [1.165, 1.54) is 4.40 Å². The van der Waals surface area contributed by atoms with Gasteiger partial charge in [-0.2, -0.15) is 0 Å². The third-order valence-corrected chi connectivity index (χ3v) is 3.08. The summed E-state index contributed by atoms with van der Waals surface area (Å²) in [5.74, 6) is -0.286. The topological polar surface area (TPSA) is 68.4 Å². The van der Waals surface area contributed by atoms with Crippen LogP contribution < -0.4 is 11.0 Å². The van der Waals surface area contributed by atoms with E-state index in [-0.39, 0.29) is 18.1 Å². The highest BCUT2D eigenvalue weighted by Gasteiger charge is 2.10. The van der Waals surface area contributed by atoms with Gasteiger partial charge in [0.1, 0.15) is 6.54 Å². The average Bonchev–Trinajstić information content (AvgIpc) is 2.76. The average molecular weight is 282 g/mol. The van der Waals surface area contributed by atoms with Gasteiger partial charge in [-0.15, -0.1) is 5.10 Å². The quantitative estimate of drug-likeness (QED) is 0.790. The fraction of sp³-hybridized carbons (Fsp3) is 0.133. The highest BCUT2D eigenvalue weighted by molar-refractivity contribution is 5.90. The van der Waals surface area contributed by atoms with Crippen molar-refractivity contribution in [3.05, 3.63) is 64.7 Å².